The second kappa shape index (κ2) is 8.98. The maximum absolute atomic E-state index is 14.8. The van der Waals surface area contributed by atoms with E-state index >= 15 is 0 Å². The van der Waals surface area contributed by atoms with Crippen LogP contribution in [-0.4, -0.2) is 37.6 Å². The van der Waals surface area contributed by atoms with E-state index in [2.05, 4.69) is 0 Å². The number of thioether (sulfide) groups is 2. The number of halogens is 2. The first kappa shape index (κ1) is 23.3. The first-order valence-electron chi connectivity index (χ1n) is 11.3. The molecule has 10 heteroatoms. The van der Waals surface area contributed by atoms with Gasteiger partial charge in [0.05, 0.1) is 0 Å². The highest BCUT2D eigenvalue weighted by Gasteiger charge is 2.53. The molecule has 2 unspecified atom stereocenters. The Hall–Kier alpha value is -2.43. The van der Waals surface area contributed by atoms with Crippen LogP contribution in [0.2, 0.25) is 0 Å². The van der Waals surface area contributed by atoms with Crippen LogP contribution in [0.3, 0.4) is 0 Å². The summed E-state index contributed by atoms with van der Waals surface area (Å²) in [5, 5.41) is 13.8. The standard InChI is InChI=1S/C24H25F2N5OS2/c1-23-12-5-9-20(32)30(23)29-22(34-23)31-24(13-6-14-27,16-7-3-2-4-8-16)33-21(28-31)18-15-17(25)10-11-19(18)26/h2-4,7-8,10-11,15H,5-6,9,12-14,27H2,1H3. The van der Waals surface area contributed by atoms with Crippen LogP contribution < -0.4 is 5.73 Å². The van der Waals surface area contributed by atoms with E-state index in [9.17, 15) is 13.6 Å². The highest BCUT2D eigenvalue weighted by Crippen LogP contribution is 2.54. The number of fused-ring (bicyclic) bond motifs is 1. The number of piperidine rings is 1. The fourth-order valence-electron chi connectivity index (χ4n) is 4.57. The third kappa shape index (κ3) is 3.91. The monoisotopic (exact) mass is 501 g/mol. The molecule has 2 atom stereocenters. The van der Waals surface area contributed by atoms with Gasteiger partial charge in [-0.3, -0.25) is 4.79 Å². The molecule has 1 amide bonds. The summed E-state index contributed by atoms with van der Waals surface area (Å²) >= 11 is 2.87. The van der Waals surface area contributed by atoms with Crippen molar-refractivity contribution in [3.63, 3.8) is 0 Å². The molecule has 0 spiro atoms. The largest absolute Gasteiger partial charge is 0.330 e. The zero-order chi connectivity index (χ0) is 23.9. The van der Waals surface area contributed by atoms with Crippen molar-refractivity contribution in [2.24, 2.45) is 15.9 Å². The predicted octanol–water partition coefficient (Wildman–Crippen LogP) is 5.01. The summed E-state index contributed by atoms with van der Waals surface area (Å²) in [6, 6.07) is 13.2. The summed E-state index contributed by atoms with van der Waals surface area (Å²) in [6.45, 7) is 2.48. The third-order valence-corrected chi connectivity index (χ3v) is 8.99. The van der Waals surface area contributed by atoms with Crippen molar-refractivity contribution in [2.75, 3.05) is 6.54 Å². The SMILES string of the molecule is CC12CCCC(=O)N1N=C(N1N=C(c3cc(F)ccc3F)SC1(CCCN)c1ccccc1)S2. The minimum Gasteiger partial charge on any atom is -0.330 e. The summed E-state index contributed by atoms with van der Waals surface area (Å²) < 4.78 is 28.9. The number of hydrazone groups is 2. The van der Waals surface area contributed by atoms with E-state index in [1.807, 2.05) is 37.3 Å². The Labute approximate surface area is 205 Å². The van der Waals surface area contributed by atoms with Gasteiger partial charge < -0.3 is 5.73 Å². The van der Waals surface area contributed by atoms with Crippen molar-refractivity contribution >= 4 is 39.6 Å². The number of hydrogen-bond acceptors (Lipinski definition) is 7. The van der Waals surface area contributed by atoms with E-state index < -0.39 is 21.4 Å². The molecular formula is C24H25F2N5OS2. The van der Waals surface area contributed by atoms with Gasteiger partial charge >= 0.3 is 0 Å². The Morgan fingerprint density at radius 2 is 1.88 bits per heavy atom. The fraction of sp³-hybridized carbons (Fsp3) is 0.375. The summed E-state index contributed by atoms with van der Waals surface area (Å²) in [5.74, 6) is -1.10. The Bertz CT molecular complexity index is 1180. The summed E-state index contributed by atoms with van der Waals surface area (Å²) in [6.07, 6.45) is 3.36. The molecule has 0 aliphatic carbocycles. The molecule has 2 aromatic carbocycles. The number of nitrogens with two attached hydrogens (primary N) is 1. The van der Waals surface area contributed by atoms with E-state index in [4.69, 9.17) is 15.9 Å². The minimum absolute atomic E-state index is 0.0178. The van der Waals surface area contributed by atoms with E-state index in [0.717, 1.165) is 30.5 Å². The van der Waals surface area contributed by atoms with Gasteiger partial charge in [0.15, 0.2) is 0 Å². The molecule has 3 aliphatic rings. The quantitative estimate of drug-likeness (QED) is 0.623. The Balaban J connectivity index is 1.65. The van der Waals surface area contributed by atoms with Gasteiger partial charge in [-0.15, -0.1) is 5.10 Å². The number of hydrogen-bond donors (Lipinski definition) is 1. The third-order valence-electron chi connectivity index (χ3n) is 6.30. The number of nitrogens with zero attached hydrogens (tertiary/aromatic N) is 4. The Kier molecular flexibility index (Phi) is 6.16. The van der Waals surface area contributed by atoms with Gasteiger partial charge in [-0.1, -0.05) is 53.9 Å². The summed E-state index contributed by atoms with van der Waals surface area (Å²) in [7, 11) is 0. The van der Waals surface area contributed by atoms with Gasteiger partial charge in [0.1, 0.15) is 26.4 Å². The molecule has 0 bridgehead atoms. The van der Waals surface area contributed by atoms with Gasteiger partial charge in [-0.05, 0) is 62.9 Å². The lowest BCUT2D eigenvalue weighted by molar-refractivity contribution is -0.136. The topological polar surface area (TPSA) is 74.3 Å². The lowest BCUT2D eigenvalue weighted by Crippen LogP contribution is -2.44. The Morgan fingerprint density at radius 1 is 1.09 bits per heavy atom. The molecule has 178 valence electrons. The van der Waals surface area contributed by atoms with Gasteiger partial charge in [0.25, 0.3) is 0 Å². The second-order valence-corrected chi connectivity index (χ2v) is 11.4. The van der Waals surface area contributed by atoms with Crippen LogP contribution in [0.4, 0.5) is 8.78 Å². The van der Waals surface area contributed by atoms with Gasteiger partial charge in [-0.25, -0.2) is 18.8 Å². The average Bonchev–Trinajstić information content (AvgIpc) is 3.39. The zero-order valence-electron chi connectivity index (χ0n) is 18.7. The van der Waals surface area contributed by atoms with Crippen molar-refractivity contribution < 1.29 is 13.6 Å². The number of benzene rings is 2. The lowest BCUT2D eigenvalue weighted by Gasteiger charge is -2.37. The van der Waals surface area contributed by atoms with Crippen molar-refractivity contribution in [1.29, 1.82) is 0 Å². The molecule has 6 nitrogen and oxygen atoms in total. The number of amides is 1. The van der Waals surface area contributed by atoms with Crippen LogP contribution in [0.5, 0.6) is 0 Å². The van der Waals surface area contributed by atoms with Crippen LogP contribution >= 0.6 is 23.5 Å². The van der Waals surface area contributed by atoms with Crippen LogP contribution in [-0.2, 0) is 9.67 Å². The van der Waals surface area contributed by atoms with Crippen molar-refractivity contribution in [2.45, 2.75) is 48.8 Å². The van der Waals surface area contributed by atoms with Crippen LogP contribution in [0.25, 0.3) is 0 Å². The fourth-order valence-corrected chi connectivity index (χ4v) is 7.33. The van der Waals surface area contributed by atoms with Crippen molar-refractivity contribution in [3.8, 4) is 0 Å². The van der Waals surface area contributed by atoms with Crippen molar-refractivity contribution in [3.05, 3.63) is 71.3 Å². The molecular weight excluding hydrogens is 476 g/mol. The van der Waals surface area contributed by atoms with Gasteiger partial charge in [0, 0.05) is 12.0 Å². The van der Waals surface area contributed by atoms with Crippen molar-refractivity contribution in [1.82, 2.24) is 10.0 Å². The van der Waals surface area contributed by atoms with E-state index in [1.165, 1.54) is 29.6 Å². The summed E-state index contributed by atoms with van der Waals surface area (Å²) in [5.41, 5.74) is 6.96. The van der Waals surface area contributed by atoms with E-state index in [1.54, 1.807) is 10.0 Å². The number of carbonyl (C=O) groups excluding carboxylic acids is 1. The van der Waals surface area contributed by atoms with Gasteiger partial charge in [0.2, 0.25) is 11.1 Å². The second-order valence-electron chi connectivity index (χ2n) is 8.70. The lowest BCUT2D eigenvalue weighted by atomic mass is 10.0. The van der Waals surface area contributed by atoms with E-state index in [-0.39, 0.29) is 11.5 Å². The predicted molar refractivity (Wildman–Crippen MR) is 133 cm³/mol. The maximum atomic E-state index is 14.8. The number of carbonyl (C=O) groups is 1. The highest BCUT2D eigenvalue weighted by molar-refractivity contribution is 8.16. The van der Waals surface area contributed by atoms with Crippen LogP contribution in [0.1, 0.15) is 50.2 Å². The van der Waals surface area contributed by atoms with E-state index in [0.29, 0.717) is 36.0 Å². The molecule has 0 saturated carbocycles. The smallest absolute Gasteiger partial charge is 0.244 e. The molecule has 5 rings (SSSR count). The normalized spacial score (nSPS) is 26.5. The average molecular weight is 502 g/mol. The Morgan fingerprint density at radius 3 is 2.62 bits per heavy atom. The maximum Gasteiger partial charge on any atom is 0.244 e. The molecule has 1 saturated heterocycles. The molecule has 2 aromatic rings. The molecule has 3 aliphatic heterocycles. The molecule has 1 fully saturated rings. The van der Waals surface area contributed by atoms with Crippen LogP contribution in [0, 0.1) is 11.6 Å². The molecule has 34 heavy (non-hydrogen) atoms. The number of rotatable bonds is 5. The molecule has 2 N–H and O–H groups in total. The molecule has 0 aromatic heterocycles. The first-order valence-corrected chi connectivity index (χ1v) is 12.9. The van der Waals surface area contributed by atoms with Crippen LogP contribution in [0.15, 0.2) is 58.7 Å². The molecule has 0 radical (unpaired) electrons. The first-order chi connectivity index (χ1) is 16.4. The minimum atomic E-state index is -0.769. The highest BCUT2D eigenvalue weighted by atomic mass is 32.2. The zero-order valence-corrected chi connectivity index (χ0v) is 20.3. The summed E-state index contributed by atoms with van der Waals surface area (Å²) in [4.78, 5) is 11.4. The number of amidine groups is 1. The molecule has 3 heterocycles. The van der Waals surface area contributed by atoms with Gasteiger partial charge in [-0.2, -0.15) is 5.10 Å².